The maximum absolute atomic E-state index is 13.0. The van der Waals surface area contributed by atoms with E-state index in [1.54, 1.807) is 0 Å². The van der Waals surface area contributed by atoms with Crippen LogP contribution in [0, 0.1) is 26.0 Å². The van der Waals surface area contributed by atoms with Crippen LogP contribution in [0.3, 0.4) is 0 Å². The molecule has 2 rings (SSSR count). The van der Waals surface area contributed by atoms with Gasteiger partial charge in [-0.2, -0.15) is 0 Å². The van der Waals surface area contributed by atoms with E-state index in [9.17, 15) is 24.6 Å². The second kappa shape index (κ2) is 5.79. The number of nitrogens with zero attached hydrogens (tertiary/aromatic N) is 3. The molecule has 0 aliphatic heterocycles. The largest absolute Gasteiger partial charge is 0.426 e. The third-order valence-electron chi connectivity index (χ3n) is 2.32. The Kier molecular flexibility index (Phi) is 4.08. The number of halogens is 2. The van der Waals surface area contributed by atoms with E-state index >= 15 is 0 Å². The lowest BCUT2D eigenvalue weighted by Crippen LogP contribution is -1.99. The van der Waals surface area contributed by atoms with E-state index in [1.807, 2.05) is 0 Å². The van der Waals surface area contributed by atoms with Crippen LogP contribution < -0.4 is 4.74 Å². The number of benzene rings is 1. The maximum atomic E-state index is 13.0. The van der Waals surface area contributed by atoms with Crippen LogP contribution in [0.25, 0.3) is 0 Å². The van der Waals surface area contributed by atoms with E-state index in [1.165, 1.54) is 6.20 Å². The monoisotopic (exact) mass is 357 g/mol. The highest BCUT2D eigenvalue weighted by Gasteiger charge is 2.23. The highest BCUT2D eigenvalue weighted by Crippen LogP contribution is 2.35. The number of nitro groups is 2. The molecule has 10 heteroatoms. The van der Waals surface area contributed by atoms with Crippen molar-refractivity contribution in [3.8, 4) is 11.6 Å². The van der Waals surface area contributed by atoms with Crippen molar-refractivity contribution >= 4 is 27.3 Å². The van der Waals surface area contributed by atoms with Crippen LogP contribution in [0.2, 0.25) is 0 Å². The zero-order valence-corrected chi connectivity index (χ0v) is 11.6. The average Bonchev–Trinajstić information content (AvgIpc) is 2.42. The first-order valence-electron chi connectivity index (χ1n) is 5.30. The van der Waals surface area contributed by atoms with Crippen LogP contribution in [0.4, 0.5) is 15.8 Å². The van der Waals surface area contributed by atoms with E-state index in [0.717, 1.165) is 18.2 Å². The molecule has 21 heavy (non-hydrogen) atoms. The summed E-state index contributed by atoms with van der Waals surface area (Å²) in [4.78, 5) is 23.8. The summed E-state index contributed by atoms with van der Waals surface area (Å²) < 4.78 is 18.5. The summed E-state index contributed by atoms with van der Waals surface area (Å²) in [6.45, 7) is 0. The highest BCUT2D eigenvalue weighted by molar-refractivity contribution is 9.10. The Labute approximate surface area is 124 Å². The lowest BCUT2D eigenvalue weighted by atomic mass is 10.3. The fourth-order valence-corrected chi connectivity index (χ4v) is 1.77. The van der Waals surface area contributed by atoms with Gasteiger partial charge in [-0.25, -0.2) is 9.37 Å². The summed E-state index contributed by atoms with van der Waals surface area (Å²) in [6.07, 6.45) is 1.23. The normalized spacial score (nSPS) is 10.2. The summed E-state index contributed by atoms with van der Waals surface area (Å²) in [5, 5.41) is 21.7. The van der Waals surface area contributed by atoms with Gasteiger partial charge in [-0.15, -0.1) is 0 Å². The molecule has 0 fully saturated rings. The molecule has 8 nitrogen and oxygen atoms in total. The third-order valence-corrected chi connectivity index (χ3v) is 2.75. The number of nitro benzene ring substituents is 1. The van der Waals surface area contributed by atoms with Crippen LogP contribution in [0.15, 0.2) is 34.9 Å². The van der Waals surface area contributed by atoms with E-state index in [-0.39, 0.29) is 5.75 Å². The van der Waals surface area contributed by atoms with Gasteiger partial charge >= 0.3 is 11.4 Å². The van der Waals surface area contributed by atoms with E-state index < -0.39 is 32.9 Å². The average molecular weight is 358 g/mol. The molecule has 1 aromatic heterocycles. The van der Waals surface area contributed by atoms with Gasteiger partial charge < -0.3 is 4.74 Å². The first-order valence-corrected chi connectivity index (χ1v) is 6.09. The molecule has 0 spiro atoms. The molecule has 0 bridgehead atoms. The van der Waals surface area contributed by atoms with Crippen molar-refractivity contribution in [1.29, 1.82) is 0 Å². The zero-order chi connectivity index (χ0) is 15.6. The number of pyridine rings is 1. The van der Waals surface area contributed by atoms with Crippen molar-refractivity contribution in [3.05, 3.63) is 61.0 Å². The second-order valence-corrected chi connectivity index (χ2v) is 4.62. The number of hydrogen-bond donors (Lipinski definition) is 0. The summed E-state index contributed by atoms with van der Waals surface area (Å²) in [7, 11) is 0. The van der Waals surface area contributed by atoms with Crippen LogP contribution >= 0.6 is 15.9 Å². The molecule has 0 saturated heterocycles. The van der Waals surface area contributed by atoms with Gasteiger partial charge in [0, 0.05) is 16.7 Å². The molecular weight excluding hydrogens is 353 g/mol. The molecule has 1 heterocycles. The standard InChI is InChI=1S/C11H5BrFN3O5/c12-6-3-9(16(19)20)11(14-5-6)21-10-2-1-7(13)4-8(10)15(17)18/h1-5H. The number of aromatic nitrogens is 1. The summed E-state index contributed by atoms with van der Waals surface area (Å²) >= 11 is 3.02. The Morgan fingerprint density at radius 3 is 2.43 bits per heavy atom. The minimum Gasteiger partial charge on any atom is -0.426 e. The van der Waals surface area contributed by atoms with Crippen LogP contribution in [0.5, 0.6) is 11.6 Å². The van der Waals surface area contributed by atoms with Crippen molar-refractivity contribution in [1.82, 2.24) is 4.98 Å². The molecule has 108 valence electrons. The van der Waals surface area contributed by atoms with Gasteiger partial charge in [-0.05, 0) is 28.1 Å². The van der Waals surface area contributed by atoms with E-state index in [0.29, 0.717) is 10.5 Å². The Balaban J connectivity index is 2.48. The Morgan fingerprint density at radius 2 is 1.81 bits per heavy atom. The van der Waals surface area contributed by atoms with Crippen molar-refractivity contribution in [3.63, 3.8) is 0 Å². The third kappa shape index (κ3) is 3.28. The van der Waals surface area contributed by atoms with Gasteiger partial charge in [-0.1, -0.05) is 0 Å². The predicted octanol–water partition coefficient (Wildman–Crippen LogP) is 3.59. The minimum absolute atomic E-state index is 0.343. The molecule has 0 aliphatic rings. The fourth-order valence-electron chi connectivity index (χ4n) is 1.45. The quantitative estimate of drug-likeness (QED) is 0.610. The van der Waals surface area contributed by atoms with Crippen molar-refractivity contribution in [2.75, 3.05) is 0 Å². The van der Waals surface area contributed by atoms with Crippen LogP contribution in [-0.2, 0) is 0 Å². The fraction of sp³-hybridized carbons (Fsp3) is 0. The van der Waals surface area contributed by atoms with E-state index in [4.69, 9.17) is 4.74 Å². The lowest BCUT2D eigenvalue weighted by Gasteiger charge is -2.06. The molecule has 1 aromatic carbocycles. The van der Waals surface area contributed by atoms with Gasteiger partial charge in [-0.3, -0.25) is 20.2 Å². The summed E-state index contributed by atoms with van der Waals surface area (Å²) in [5.74, 6) is -1.61. The topological polar surface area (TPSA) is 108 Å². The van der Waals surface area contributed by atoms with Crippen LogP contribution in [0.1, 0.15) is 0 Å². The summed E-state index contributed by atoms with van der Waals surface area (Å²) in [5.41, 5.74) is -1.14. The Hall–Kier alpha value is -2.62. The maximum Gasteiger partial charge on any atom is 0.332 e. The zero-order valence-electron chi connectivity index (χ0n) is 10.0. The minimum atomic E-state index is -0.858. The molecule has 0 unspecified atom stereocenters. The summed E-state index contributed by atoms with van der Waals surface area (Å²) in [6, 6.07) is 3.73. The molecule has 0 N–H and O–H groups in total. The molecule has 2 aromatic rings. The Bertz CT molecular complexity index is 678. The van der Waals surface area contributed by atoms with Crippen molar-refractivity contribution < 1.29 is 19.0 Å². The van der Waals surface area contributed by atoms with Crippen molar-refractivity contribution in [2.24, 2.45) is 0 Å². The SMILES string of the molecule is O=[N+]([O-])c1cc(F)ccc1Oc1ncc(Br)cc1[N+](=O)[O-]. The van der Waals surface area contributed by atoms with Gasteiger partial charge in [0.2, 0.25) is 5.75 Å². The lowest BCUT2D eigenvalue weighted by molar-refractivity contribution is -0.387. The first-order chi connectivity index (χ1) is 9.88. The van der Waals surface area contributed by atoms with Crippen LogP contribution in [-0.4, -0.2) is 14.8 Å². The second-order valence-electron chi connectivity index (χ2n) is 3.71. The molecule has 0 amide bonds. The smallest absolute Gasteiger partial charge is 0.332 e. The number of hydrogen-bond acceptors (Lipinski definition) is 6. The number of rotatable bonds is 4. The van der Waals surface area contributed by atoms with Gasteiger partial charge in [0.05, 0.1) is 15.9 Å². The Morgan fingerprint density at radius 1 is 1.14 bits per heavy atom. The molecule has 0 radical (unpaired) electrons. The number of ether oxygens (including phenoxy) is 1. The first kappa shape index (κ1) is 14.8. The highest BCUT2D eigenvalue weighted by atomic mass is 79.9. The van der Waals surface area contributed by atoms with Gasteiger partial charge in [0.25, 0.3) is 5.88 Å². The van der Waals surface area contributed by atoms with Gasteiger partial charge in [0.15, 0.2) is 0 Å². The molecule has 0 atom stereocenters. The molecule has 0 saturated carbocycles. The predicted molar refractivity (Wildman–Crippen MR) is 71.7 cm³/mol. The molecule has 0 aliphatic carbocycles. The van der Waals surface area contributed by atoms with E-state index in [2.05, 4.69) is 20.9 Å². The van der Waals surface area contributed by atoms with Crippen molar-refractivity contribution in [2.45, 2.75) is 0 Å². The molecular formula is C11H5BrFN3O5. The van der Waals surface area contributed by atoms with Gasteiger partial charge in [0.1, 0.15) is 5.82 Å².